The van der Waals surface area contributed by atoms with E-state index in [0.29, 0.717) is 22.4 Å². The van der Waals surface area contributed by atoms with E-state index in [4.69, 9.17) is 14.6 Å². The summed E-state index contributed by atoms with van der Waals surface area (Å²) in [5, 5.41) is 10.0. The van der Waals surface area contributed by atoms with Crippen LogP contribution in [0.5, 0.6) is 11.5 Å². The van der Waals surface area contributed by atoms with Crippen molar-refractivity contribution in [1.29, 1.82) is 0 Å². The van der Waals surface area contributed by atoms with Gasteiger partial charge in [0, 0.05) is 0 Å². The normalized spacial score (nSPS) is 12.1. The Balaban J connectivity index is 2.32. The van der Waals surface area contributed by atoms with Crippen LogP contribution in [0.1, 0.15) is 29.0 Å². The summed E-state index contributed by atoms with van der Waals surface area (Å²) in [4.78, 5) is 23.4. The van der Waals surface area contributed by atoms with Crippen LogP contribution in [0.15, 0.2) is 18.2 Å². The molecular weight excluding hydrogens is 351 g/mol. The first-order chi connectivity index (χ1) is 10.5. The summed E-state index contributed by atoms with van der Waals surface area (Å²) < 4.78 is 12.3. The van der Waals surface area contributed by atoms with Crippen molar-refractivity contribution in [3.8, 4) is 11.5 Å². The van der Waals surface area contributed by atoms with E-state index in [1.807, 2.05) is 18.2 Å². The molecule has 0 aliphatic carbocycles. The molecule has 0 saturated carbocycles. The Hall–Kier alpha value is -1.78. The Morgan fingerprint density at radius 1 is 1.18 bits per heavy atom. The molecule has 0 unspecified atom stereocenters. The first kappa shape index (κ1) is 16.6. The molecule has 118 valence electrons. The first-order valence-electron chi connectivity index (χ1n) is 6.91. The number of ether oxygens (including phenoxy) is 2. The molecular formula is C16H18O5Se. The molecule has 0 amide bonds. The summed E-state index contributed by atoms with van der Waals surface area (Å²) in [6.45, 7) is 1.78. The topological polar surface area (TPSA) is 72.8 Å². The van der Waals surface area contributed by atoms with Gasteiger partial charge < -0.3 is 0 Å². The number of carboxylic acids is 1. The summed E-state index contributed by atoms with van der Waals surface area (Å²) in [6, 6.07) is 5.58. The van der Waals surface area contributed by atoms with Crippen LogP contribution < -0.4 is 9.47 Å². The van der Waals surface area contributed by atoms with Gasteiger partial charge in [0.25, 0.3) is 0 Å². The molecule has 0 spiro atoms. The number of rotatable bonds is 7. The van der Waals surface area contributed by atoms with Crippen LogP contribution in [-0.4, -0.2) is 45.6 Å². The number of methoxy groups -OCH3 is 2. The Morgan fingerprint density at radius 3 is 2.36 bits per heavy atom. The van der Waals surface area contributed by atoms with Crippen molar-refractivity contribution in [3.05, 3.63) is 22.6 Å². The van der Waals surface area contributed by atoms with Crippen LogP contribution in [0.25, 0.3) is 9.65 Å². The quantitative estimate of drug-likeness (QED) is 0.600. The van der Waals surface area contributed by atoms with Crippen LogP contribution in [0, 0.1) is 5.92 Å². The zero-order valence-corrected chi connectivity index (χ0v) is 14.4. The fraction of sp³-hybridized carbons (Fsp3) is 0.375. The predicted octanol–water partition coefficient (Wildman–Crippen LogP) is 2.60. The van der Waals surface area contributed by atoms with Gasteiger partial charge in [-0.2, -0.15) is 0 Å². The van der Waals surface area contributed by atoms with Crippen molar-refractivity contribution >= 4 is 35.9 Å². The Bertz CT molecular complexity index is 663. The molecule has 1 aromatic carbocycles. The van der Waals surface area contributed by atoms with Gasteiger partial charge in [-0.3, -0.25) is 0 Å². The number of carbonyl (C=O) groups excluding carboxylic acids is 1. The number of benzene rings is 1. The molecule has 22 heavy (non-hydrogen) atoms. The van der Waals surface area contributed by atoms with Crippen LogP contribution in [0.2, 0.25) is 0 Å². The fourth-order valence-electron chi connectivity index (χ4n) is 2.23. The summed E-state index contributed by atoms with van der Waals surface area (Å²) in [5.41, 5.74) is 0. The number of carboxylic acid groups (broad SMARTS) is 1. The van der Waals surface area contributed by atoms with Crippen molar-refractivity contribution in [2.45, 2.75) is 19.8 Å². The number of hydrogen-bond acceptors (Lipinski definition) is 4. The number of carbonyl (C=O) groups is 2. The SMILES string of the molecule is CC[C@H](CC(=O)c1cc2cc(OC)c(OC)cc2[se]1)C(=O)O. The molecule has 1 atom stereocenters. The van der Waals surface area contributed by atoms with E-state index in [1.54, 1.807) is 21.1 Å². The molecule has 1 N–H and O–H groups in total. The average molecular weight is 369 g/mol. The third-order valence-corrected chi connectivity index (χ3v) is 5.96. The van der Waals surface area contributed by atoms with E-state index >= 15 is 0 Å². The molecule has 0 saturated heterocycles. The summed E-state index contributed by atoms with van der Waals surface area (Å²) in [7, 11) is 3.14. The number of ketones is 1. The van der Waals surface area contributed by atoms with Gasteiger partial charge in [0.2, 0.25) is 0 Å². The molecule has 0 fully saturated rings. The van der Waals surface area contributed by atoms with Crippen LogP contribution in [0.4, 0.5) is 0 Å². The molecule has 6 heteroatoms. The van der Waals surface area contributed by atoms with Crippen LogP contribution >= 0.6 is 0 Å². The first-order valence-corrected chi connectivity index (χ1v) is 8.63. The van der Waals surface area contributed by atoms with Gasteiger partial charge in [-0.15, -0.1) is 0 Å². The van der Waals surface area contributed by atoms with Gasteiger partial charge in [-0.05, 0) is 0 Å². The van der Waals surface area contributed by atoms with E-state index in [1.165, 1.54) is 0 Å². The molecule has 0 aliphatic rings. The molecule has 1 aromatic heterocycles. The summed E-state index contributed by atoms with van der Waals surface area (Å²) in [6.07, 6.45) is 0.512. The van der Waals surface area contributed by atoms with E-state index < -0.39 is 11.9 Å². The second kappa shape index (κ2) is 6.99. The molecule has 0 aliphatic heterocycles. The third kappa shape index (κ3) is 3.34. The fourth-order valence-corrected chi connectivity index (χ4v) is 4.38. The maximum absolute atomic E-state index is 12.3. The molecule has 2 aromatic rings. The molecule has 5 nitrogen and oxygen atoms in total. The Kier molecular flexibility index (Phi) is 5.27. The van der Waals surface area contributed by atoms with Gasteiger partial charge >= 0.3 is 134 Å². The predicted molar refractivity (Wildman–Crippen MR) is 84.4 cm³/mol. The van der Waals surface area contributed by atoms with Crippen molar-refractivity contribution in [3.63, 3.8) is 0 Å². The van der Waals surface area contributed by atoms with E-state index in [2.05, 4.69) is 0 Å². The van der Waals surface area contributed by atoms with Gasteiger partial charge in [0.1, 0.15) is 0 Å². The second-order valence-corrected chi connectivity index (χ2v) is 7.20. The molecule has 0 bridgehead atoms. The Morgan fingerprint density at radius 2 is 1.82 bits per heavy atom. The van der Waals surface area contributed by atoms with Gasteiger partial charge in [-0.1, -0.05) is 0 Å². The molecule has 2 rings (SSSR count). The molecule has 0 radical (unpaired) electrons. The van der Waals surface area contributed by atoms with Crippen molar-refractivity contribution < 1.29 is 24.2 Å². The minimum atomic E-state index is -0.914. The van der Waals surface area contributed by atoms with Crippen molar-refractivity contribution in [2.24, 2.45) is 5.92 Å². The van der Waals surface area contributed by atoms with E-state index in [9.17, 15) is 9.59 Å². The number of fused-ring (bicyclic) bond motifs is 1. The van der Waals surface area contributed by atoms with Gasteiger partial charge in [-0.25, -0.2) is 0 Å². The second-order valence-electron chi connectivity index (χ2n) is 4.93. The maximum atomic E-state index is 12.3. The zero-order chi connectivity index (χ0) is 16.3. The van der Waals surface area contributed by atoms with Gasteiger partial charge in [0.15, 0.2) is 0 Å². The average Bonchev–Trinajstić information content (AvgIpc) is 2.93. The minimum absolute atomic E-state index is 0.0572. The third-order valence-electron chi connectivity index (χ3n) is 3.57. The van der Waals surface area contributed by atoms with Crippen molar-refractivity contribution in [2.75, 3.05) is 14.2 Å². The van der Waals surface area contributed by atoms with Crippen molar-refractivity contribution in [1.82, 2.24) is 0 Å². The standard InChI is InChI=1S/C16H18O5Se/c1-4-9(16(18)19)5-11(17)15-7-10-6-12(20-2)13(21-3)8-14(10)22-15/h6-9H,4-5H2,1-3H3,(H,18,19)/t9-/m1/s1. The van der Waals surface area contributed by atoms with E-state index in [-0.39, 0.29) is 26.7 Å². The summed E-state index contributed by atoms with van der Waals surface area (Å²) in [5.74, 6) is -0.343. The van der Waals surface area contributed by atoms with E-state index in [0.717, 1.165) is 9.65 Å². The van der Waals surface area contributed by atoms with Crippen LogP contribution in [0.3, 0.4) is 0 Å². The number of aliphatic carboxylic acids is 1. The number of hydrogen-bond donors (Lipinski definition) is 1. The monoisotopic (exact) mass is 370 g/mol. The molecule has 1 heterocycles. The Labute approximate surface area is 134 Å². The zero-order valence-electron chi connectivity index (χ0n) is 12.7. The number of Topliss-reactive ketones (excluding diaryl/α,β-unsaturated/α-hetero) is 1. The van der Waals surface area contributed by atoms with Gasteiger partial charge in [0.05, 0.1) is 0 Å². The van der Waals surface area contributed by atoms with Crippen LogP contribution in [-0.2, 0) is 4.79 Å². The summed E-state index contributed by atoms with van der Waals surface area (Å²) >= 11 is -0.122.